The van der Waals surface area contributed by atoms with E-state index in [1.54, 1.807) is 41.0 Å². The number of likely N-dealkylation sites (N-methyl/N-ethyl adjacent to an activating group) is 1. The van der Waals surface area contributed by atoms with Gasteiger partial charge in [-0.1, -0.05) is 35.9 Å². The Balaban J connectivity index is 2.26. The zero-order valence-electron chi connectivity index (χ0n) is 24.7. The molecule has 39 heavy (non-hydrogen) atoms. The highest BCUT2D eigenvalue weighted by molar-refractivity contribution is 6.12. The number of carbonyl (C=O) groups is 2. The van der Waals surface area contributed by atoms with Gasteiger partial charge in [-0.3, -0.25) is 9.79 Å². The predicted octanol–water partition coefficient (Wildman–Crippen LogP) is 6.53. The first-order valence-electron chi connectivity index (χ1n) is 13.3. The number of hydrogen-bond donors (Lipinski definition) is 0. The molecule has 0 heterocycles. The number of rotatable bonds is 12. The number of aryl methyl sites for hydroxylation is 1. The summed E-state index contributed by atoms with van der Waals surface area (Å²) in [5, 5.41) is 0. The maximum Gasteiger partial charge on any atom is 0.410 e. The lowest BCUT2D eigenvalue weighted by Crippen LogP contribution is -2.44. The minimum Gasteiger partial charge on any atom is -0.497 e. The fraction of sp³-hybridized carbons (Fsp3) is 0.469. The zero-order valence-corrected chi connectivity index (χ0v) is 24.7. The van der Waals surface area contributed by atoms with Crippen LogP contribution in [0.2, 0.25) is 0 Å². The average Bonchev–Trinajstić information content (AvgIpc) is 2.84. The summed E-state index contributed by atoms with van der Waals surface area (Å²) in [6.07, 6.45) is 8.54. The van der Waals surface area contributed by atoms with Gasteiger partial charge in [-0.25, -0.2) is 4.79 Å². The van der Waals surface area contributed by atoms with Crippen LogP contribution in [-0.4, -0.2) is 60.9 Å². The average molecular weight is 537 g/mol. The number of amides is 1. The molecule has 7 heteroatoms. The molecule has 1 aliphatic carbocycles. The van der Waals surface area contributed by atoms with E-state index in [1.807, 2.05) is 18.2 Å². The van der Waals surface area contributed by atoms with Gasteiger partial charge >= 0.3 is 6.09 Å². The molecule has 2 rings (SSSR count). The number of allylic oxidation sites excluding steroid dienone is 5. The van der Waals surface area contributed by atoms with Gasteiger partial charge in [-0.05, 0) is 65.7 Å². The van der Waals surface area contributed by atoms with Crippen LogP contribution in [0.3, 0.4) is 0 Å². The first kappa shape index (κ1) is 31.6. The molecule has 0 aromatic heterocycles. The van der Waals surface area contributed by atoms with Crippen molar-refractivity contribution in [3.63, 3.8) is 0 Å². The molecule has 0 spiro atoms. The highest BCUT2D eigenvalue weighted by Crippen LogP contribution is 2.23. The predicted molar refractivity (Wildman–Crippen MR) is 157 cm³/mol. The number of ketones is 1. The SMILES string of the molecule is C=CC/C(OCC[C@@H](C(C)=O)N(C)C(=O)OC(C)(C)C)=C1/C=CC(OC)=CC1=NC(C)Cc1cccc(C)c1. The minimum atomic E-state index is -0.667. The van der Waals surface area contributed by atoms with Gasteiger partial charge in [0.05, 0.1) is 31.5 Å². The molecule has 0 N–H and O–H groups in total. The minimum absolute atomic E-state index is 0.0206. The molecule has 0 fully saturated rings. The normalized spacial score (nSPS) is 17.1. The summed E-state index contributed by atoms with van der Waals surface area (Å²) in [6, 6.07) is 7.79. The van der Waals surface area contributed by atoms with Crippen LogP contribution in [0.4, 0.5) is 4.79 Å². The van der Waals surface area contributed by atoms with E-state index >= 15 is 0 Å². The van der Waals surface area contributed by atoms with E-state index in [-0.39, 0.29) is 18.4 Å². The van der Waals surface area contributed by atoms with Crippen LogP contribution in [0.25, 0.3) is 0 Å². The number of Topliss-reactive ketones (excluding diaryl/α,β-unsaturated/α-hetero) is 1. The summed E-state index contributed by atoms with van der Waals surface area (Å²) in [5.41, 5.74) is 3.40. The van der Waals surface area contributed by atoms with E-state index in [1.165, 1.54) is 23.0 Å². The quantitative estimate of drug-likeness (QED) is 0.224. The van der Waals surface area contributed by atoms with Crippen molar-refractivity contribution < 1.29 is 23.8 Å². The van der Waals surface area contributed by atoms with Crippen LogP contribution in [0.5, 0.6) is 0 Å². The molecule has 1 amide bonds. The zero-order chi connectivity index (χ0) is 29.2. The highest BCUT2D eigenvalue weighted by Gasteiger charge is 2.28. The van der Waals surface area contributed by atoms with Gasteiger partial charge in [0.1, 0.15) is 17.1 Å². The Kier molecular flexibility index (Phi) is 11.8. The molecule has 0 radical (unpaired) electrons. The fourth-order valence-electron chi connectivity index (χ4n) is 4.25. The van der Waals surface area contributed by atoms with Crippen molar-refractivity contribution in [3.05, 3.63) is 83.4 Å². The number of carbonyl (C=O) groups excluding carboxylic acids is 2. The summed E-state index contributed by atoms with van der Waals surface area (Å²) in [6.45, 7) is 15.1. The molecule has 1 aromatic carbocycles. The Morgan fingerprint density at radius 1 is 1.21 bits per heavy atom. The maximum atomic E-state index is 12.6. The fourth-order valence-corrected chi connectivity index (χ4v) is 4.25. The Labute approximate surface area is 233 Å². The highest BCUT2D eigenvalue weighted by atomic mass is 16.6. The standard InChI is InChI=1S/C32H44N2O5/c1-10-12-30(38-18-17-29(24(4)35)34(8)31(36)39-32(5,6)7)27-16-15-26(37-9)21-28(27)33-23(3)20-25-14-11-13-22(2)19-25/h10-11,13-16,19,21,23,29H,1,12,17-18,20H2,2-9H3/b30-27+,33-28?/t23?,29-/m0/s1. The summed E-state index contributed by atoms with van der Waals surface area (Å²) < 4.78 is 17.1. The van der Waals surface area contributed by atoms with Crippen molar-refractivity contribution in [1.82, 2.24) is 4.90 Å². The van der Waals surface area contributed by atoms with Crippen LogP contribution in [-0.2, 0) is 25.4 Å². The lowest BCUT2D eigenvalue weighted by molar-refractivity contribution is -0.122. The molecule has 0 bridgehead atoms. The first-order chi connectivity index (χ1) is 18.3. The van der Waals surface area contributed by atoms with Crippen molar-refractivity contribution in [2.45, 2.75) is 78.5 Å². The largest absolute Gasteiger partial charge is 0.497 e. The van der Waals surface area contributed by atoms with Gasteiger partial charge in [0.2, 0.25) is 0 Å². The first-order valence-corrected chi connectivity index (χ1v) is 13.3. The topological polar surface area (TPSA) is 77.4 Å². The van der Waals surface area contributed by atoms with E-state index in [4.69, 9.17) is 19.2 Å². The van der Waals surface area contributed by atoms with Crippen LogP contribution < -0.4 is 0 Å². The van der Waals surface area contributed by atoms with Crippen LogP contribution in [0.1, 0.15) is 58.6 Å². The second kappa shape index (κ2) is 14.5. The van der Waals surface area contributed by atoms with E-state index in [0.717, 1.165) is 17.7 Å². The molecular weight excluding hydrogens is 492 g/mol. The van der Waals surface area contributed by atoms with Crippen LogP contribution >= 0.6 is 0 Å². The maximum absolute atomic E-state index is 12.6. The number of ether oxygens (including phenoxy) is 3. The second-order valence-corrected chi connectivity index (χ2v) is 10.8. The molecule has 1 unspecified atom stereocenters. The molecule has 0 saturated heterocycles. The van der Waals surface area contributed by atoms with E-state index in [0.29, 0.717) is 24.4 Å². The third-order valence-corrected chi connectivity index (χ3v) is 6.09. The molecule has 2 atom stereocenters. The van der Waals surface area contributed by atoms with Gasteiger partial charge in [-0.15, -0.1) is 6.58 Å². The smallest absolute Gasteiger partial charge is 0.410 e. The summed E-state index contributed by atoms with van der Waals surface area (Å²) in [4.78, 5) is 31.3. The van der Waals surface area contributed by atoms with Gasteiger partial charge in [0, 0.05) is 31.5 Å². The summed E-state index contributed by atoms with van der Waals surface area (Å²) in [7, 11) is 3.20. The Morgan fingerprint density at radius 3 is 2.51 bits per heavy atom. The Morgan fingerprint density at radius 2 is 1.92 bits per heavy atom. The molecule has 7 nitrogen and oxygen atoms in total. The van der Waals surface area contributed by atoms with Crippen LogP contribution in [0.15, 0.2) is 77.2 Å². The number of aliphatic imine (C=N–C) groups is 1. The van der Waals surface area contributed by atoms with Crippen molar-refractivity contribution in [2.75, 3.05) is 20.8 Å². The molecule has 0 saturated carbocycles. The van der Waals surface area contributed by atoms with Crippen LogP contribution in [0, 0.1) is 6.92 Å². The molecule has 0 aliphatic heterocycles. The number of methoxy groups -OCH3 is 1. The summed E-state index contributed by atoms with van der Waals surface area (Å²) >= 11 is 0. The van der Waals surface area contributed by atoms with Gasteiger partial charge in [0.25, 0.3) is 0 Å². The lowest BCUT2D eigenvalue weighted by Gasteiger charge is -2.29. The Hall–Kier alpha value is -3.61. The second-order valence-electron chi connectivity index (χ2n) is 10.8. The van der Waals surface area contributed by atoms with Gasteiger partial charge in [-0.2, -0.15) is 0 Å². The van der Waals surface area contributed by atoms with E-state index < -0.39 is 17.7 Å². The monoisotopic (exact) mass is 536 g/mol. The van der Waals surface area contributed by atoms with E-state index in [9.17, 15) is 9.59 Å². The van der Waals surface area contributed by atoms with E-state index in [2.05, 4.69) is 44.7 Å². The number of hydrogen-bond acceptors (Lipinski definition) is 6. The number of benzene rings is 1. The third-order valence-electron chi connectivity index (χ3n) is 6.09. The number of nitrogens with zero attached hydrogens (tertiary/aromatic N) is 2. The van der Waals surface area contributed by atoms with Crippen molar-refractivity contribution >= 4 is 17.6 Å². The molecule has 1 aromatic rings. The molecular formula is C32H44N2O5. The third kappa shape index (κ3) is 10.2. The van der Waals surface area contributed by atoms with Crippen molar-refractivity contribution in [1.29, 1.82) is 0 Å². The summed E-state index contributed by atoms with van der Waals surface area (Å²) in [5.74, 6) is 1.26. The van der Waals surface area contributed by atoms with Gasteiger partial charge < -0.3 is 19.1 Å². The molecule has 1 aliphatic rings. The van der Waals surface area contributed by atoms with Crippen molar-refractivity contribution in [2.24, 2.45) is 4.99 Å². The lowest BCUT2D eigenvalue weighted by atomic mass is 10.00. The Bertz CT molecular complexity index is 1150. The van der Waals surface area contributed by atoms with Gasteiger partial charge in [0.15, 0.2) is 5.78 Å². The van der Waals surface area contributed by atoms with Crippen molar-refractivity contribution in [3.8, 4) is 0 Å². The molecule has 212 valence electrons.